The summed E-state index contributed by atoms with van der Waals surface area (Å²) in [6.45, 7) is 0. The molecule has 0 atom stereocenters. The highest BCUT2D eigenvalue weighted by atomic mass is 16.3. The lowest BCUT2D eigenvalue weighted by Crippen LogP contribution is -2.56. The molecule has 1 aromatic heterocycles. The van der Waals surface area contributed by atoms with Crippen LogP contribution in [0.1, 0.15) is 0 Å². The highest BCUT2D eigenvalue weighted by Gasteiger charge is 2.32. The predicted molar refractivity (Wildman–Crippen MR) is 429 cm³/mol. The van der Waals surface area contributed by atoms with Crippen LogP contribution in [0.15, 0.2) is 4.42 Å². The Morgan fingerprint density at radius 2 is 0.333 bits per heavy atom. The van der Waals surface area contributed by atoms with Gasteiger partial charge in [0.15, 0.2) is 0 Å². The van der Waals surface area contributed by atoms with Gasteiger partial charge in [0.1, 0.15) is 231 Å². The Kier molecular flexibility index (Phi) is 13.0. The summed E-state index contributed by atoms with van der Waals surface area (Å²) in [7, 11) is 66.5. The Morgan fingerprint density at radius 1 is 0.120 bits per heavy atom. The van der Waals surface area contributed by atoms with Crippen molar-refractivity contribution >= 4 is 438 Å². The first kappa shape index (κ1) is 54.0. The Hall–Kier alpha value is -4.36. The highest BCUT2D eigenvalue weighted by Crippen LogP contribution is 2.41. The SMILES string of the molecule is Bc1c(B)c(B)c(-c2c(B)c(-c3c4c(B)c(B)c(B)c(B)c4c(-c4c(B)c(B)c5oc6c(B)c7c(B)c(B)c(B)c(B)c7c(B)c6c5c4B)c4c(B)c(B)c(B)c(B)c34)c(B)c3c(B)c(B)c(B)c(B)c23)c(B)c1B. The van der Waals surface area contributed by atoms with Gasteiger partial charge in [-0.05, 0) is 81.9 Å². The summed E-state index contributed by atoms with van der Waals surface area (Å²) in [6.07, 6.45) is 0. The molecule has 0 saturated carbocycles. The minimum Gasteiger partial charge on any atom is -0.457 e. The lowest BCUT2D eigenvalue weighted by atomic mass is 9.55. The van der Waals surface area contributed by atoms with Crippen LogP contribution in [-0.2, 0) is 0 Å². The lowest BCUT2D eigenvalue weighted by Gasteiger charge is -2.33. The molecule has 0 unspecified atom stereocenters. The van der Waals surface area contributed by atoms with Gasteiger partial charge in [-0.25, -0.2) is 0 Å². The van der Waals surface area contributed by atoms with Crippen molar-refractivity contribution in [2.45, 2.75) is 0 Å². The first-order valence-electron chi connectivity index (χ1n) is 27.9. The fourth-order valence-corrected chi connectivity index (χ4v) is 15.3. The lowest BCUT2D eigenvalue weighted by molar-refractivity contribution is 0.675. The molecule has 0 bridgehead atoms. The molecular weight excluding hydrogens is 871 g/mol. The molecule has 0 aliphatic carbocycles. The zero-order valence-corrected chi connectivity index (χ0v) is 51.4. The molecule has 9 aromatic carbocycles. The van der Waals surface area contributed by atoms with E-state index in [0.717, 1.165) is 11.2 Å². The summed E-state index contributed by atoms with van der Waals surface area (Å²) >= 11 is 0. The maximum Gasteiger partial charge on any atom is 0.145 e. The van der Waals surface area contributed by atoms with Crippen molar-refractivity contribution < 1.29 is 4.42 Å². The number of rotatable bonds is 3. The largest absolute Gasteiger partial charge is 0.457 e. The molecule has 0 aliphatic rings. The van der Waals surface area contributed by atoms with Crippen LogP contribution in [0.3, 0.4) is 0 Å². The summed E-state index contributed by atoms with van der Waals surface area (Å²) in [5.41, 5.74) is 48.7. The molecule has 10 rings (SSSR count). The van der Waals surface area contributed by atoms with Gasteiger partial charge in [-0.1, -0.05) is 87.4 Å². The minimum absolute atomic E-state index is 1.03. The van der Waals surface area contributed by atoms with Crippen molar-refractivity contribution in [3.63, 3.8) is 0 Å². The van der Waals surface area contributed by atoms with E-state index in [9.17, 15) is 0 Å². The second-order valence-corrected chi connectivity index (χ2v) is 24.3. The summed E-state index contributed by atoms with van der Waals surface area (Å²) in [4.78, 5) is 0. The molecule has 75 heavy (non-hydrogen) atoms. The van der Waals surface area contributed by atoms with Crippen LogP contribution < -0.4 is 153 Å². The van der Waals surface area contributed by atoms with Crippen LogP contribution in [0, 0.1) is 0 Å². The van der Waals surface area contributed by atoms with E-state index in [2.05, 4.69) is 220 Å². The van der Waals surface area contributed by atoms with Gasteiger partial charge in [-0.3, -0.25) is 0 Å². The van der Waals surface area contributed by atoms with E-state index in [4.69, 9.17) is 4.42 Å². The van der Waals surface area contributed by atoms with Crippen molar-refractivity contribution in [2.24, 2.45) is 0 Å². The monoisotopic (exact) mass is 933 g/mol. The fraction of sp³-hybridized carbons (Fsp3) is 0. The van der Waals surface area contributed by atoms with Gasteiger partial charge in [-0.2, -0.15) is 0 Å². The van der Waals surface area contributed by atoms with Crippen molar-refractivity contribution in [1.82, 2.24) is 0 Å². The van der Waals surface area contributed by atoms with E-state index in [0.29, 0.717) is 0 Å². The molecule has 0 fully saturated rings. The third-order valence-electron chi connectivity index (χ3n) is 21.7. The van der Waals surface area contributed by atoms with E-state index < -0.39 is 0 Å². The Morgan fingerprint density at radius 3 is 0.707 bits per heavy atom. The normalized spacial score (nSPS) is 11.9. The molecule has 1 heterocycles. The van der Waals surface area contributed by atoms with Crippen LogP contribution in [0.5, 0.6) is 0 Å². The van der Waals surface area contributed by atoms with Gasteiger partial charge in [0, 0.05) is 10.8 Å². The van der Waals surface area contributed by atoms with E-state index in [1.165, 1.54) is 240 Å². The average Bonchev–Trinajstić information content (AvgIpc) is 3.80. The Balaban J connectivity index is 1.54. The highest BCUT2D eigenvalue weighted by molar-refractivity contribution is 6.78. The summed E-state index contributed by atoms with van der Waals surface area (Å²) in [5.74, 6) is 0. The van der Waals surface area contributed by atoms with Crippen LogP contribution >= 0.6 is 0 Å². The maximum atomic E-state index is 7.31. The number of hydrogen-bond donors (Lipinski definition) is 0. The smallest absolute Gasteiger partial charge is 0.145 e. The van der Waals surface area contributed by atoms with E-state index in [1.807, 2.05) is 0 Å². The molecular formula is C46H56B28O. The first-order valence-corrected chi connectivity index (χ1v) is 27.9. The van der Waals surface area contributed by atoms with E-state index in [1.54, 1.807) is 0 Å². The van der Waals surface area contributed by atoms with E-state index in [-0.39, 0.29) is 0 Å². The predicted octanol–water partition coefficient (Wildman–Crippen LogP) is -35.6. The molecule has 0 radical (unpaired) electrons. The van der Waals surface area contributed by atoms with Crippen LogP contribution in [0.25, 0.3) is 98.4 Å². The third-order valence-corrected chi connectivity index (χ3v) is 21.7. The van der Waals surface area contributed by atoms with Crippen molar-refractivity contribution in [3.8, 4) is 33.4 Å². The molecule has 0 N–H and O–H groups in total. The third kappa shape index (κ3) is 6.85. The molecule has 0 saturated heterocycles. The number of hydrogen-bond acceptors (Lipinski definition) is 1. The molecule has 330 valence electrons. The summed E-state index contributed by atoms with van der Waals surface area (Å²) < 4.78 is 7.31. The molecule has 0 amide bonds. The number of furan rings is 1. The van der Waals surface area contributed by atoms with Crippen LogP contribution in [-0.4, -0.2) is 220 Å². The zero-order chi connectivity index (χ0) is 55.3. The number of benzene rings is 9. The standard InChI is InChI=1S/C46H56B28O/c47-17-7(12-27(57)41(71)43(73)42(72)28(12)58)8-11(26(56)38(68)37(67)25(8)55)18(48)9(17)1-3-5(23(53)35(65)33(63)21(3)51)2(6-4(1)22(52)34(64)36(66)24(6)54)10-19(49)16-15-20(50)13-14(30(60)40(70)39(69)29(13)59)32(62)45(15)75-46(16)44(74)31(10)61/h47-74H2. The Bertz CT molecular complexity index is 4330. The van der Waals surface area contributed by atoms with Gasteiger partial charge < -0.3 is 4.42 Å². The van der Waals surface area contributed by atoms with Gasteiger partial charge in [-0.15, -0.1) is 60.1 Å². The first-order chi connectivity index (χ1) is 35.0. The van der Waals surface area contributed by atoms with Crippen molar-refractivity contribution in [1.29, 1.82) is 0 Å². The average molecular weight is 928 g/mol. The van der Waals surface area contributed by atoms with Crippen LogP contribution in [0.2, 0.25) is 0 Å². The number of fused-ring (bicyclic) bond motifs is 7. The van der Waals surface area contributed by atoms with Crippen molar-refractivity contribution in [2.75, 3.05) is 0 Å². The molecule has 10 aromatic rings. The molecule has 0 aliphatic heterocycles. The van der Waals surface area contributed by atoms with Crippen molar-refractivity contribution in [3.05, 3.63) is 0 Å². The summed E-state index contributed by atoms with van der Waals surface area (Å²) in [6, 6.07) is 0. The second kappa shape index (κ2) is 18.1. The maximum absolute atomic E-state index is 7.31. The zero-order valence-electron chi connectivity index (χ0n) is 51.4. The Labute approximate surface area is 472 Å². The summed E-state index contributed by atoms with van der Waals surface area (Å²) in [5, 5.41) is 13.7. The minimum atomic E-state index is 1.03. The van der Waals surface area contributed by atoms with Gasteiger partial charge in [0.25, 0.3) is 0 Å². The van der Waals surface area contributed by atoms with E-state index >= 15 is 0 Å². The molecule has 0 spiro atoms. The molecule has 29 heteroatoms. The quantitative estimate of drug-likeness (QED) is 0.127. The van der Waals surface area contributed by atoms with Gasteiger partial charge in [0.05, 0.1) is 0 Å². The second-order valence-electron chi connectivity index (χ2n) is 24.3. The fourth-order valence-electron chi connectivity index (χ4n) is 15.3. The topological polar surface area (TPSA) is 13.1 Å². The van der Waals surface area contributed by atoms with Gasteiger partial charge in [0.2, 0.25) is 0 Å². The molecule has 1 nitrogen and oxygen atoms in total. The van der Waals surface area contributed by atoms with Crippen LogP contribution in [0.4, 0.5) is 0 Å². The van der Waals surface area contributed by atoms with Gasteiger partial charge >= 0.3 is 0 Å².